The molecule has 134 valence electrons. The molecule has 0 fully saturated rings. The van der Waals surface area contributed by atoms with Gasteiger partial charge < -0.3 is 10.2 Å². The summed E-state index contributed by atoms with van der Waals surface area (Å²) in [7, 11) is 1.81. The molecule has 2 unspecified atom stereocenters. The Morgan fingerprint density at radius 1 is 1.04 bits per heavy atom. The van der Waals surface area contributed by atoms with Crippen molar-refractivity contribution in [1.29, 1.82) is 0 Å². The topological polar surface area (TPSA) is 63.1 Å². The number of hydrogen-bond acceptors (Lipinski definition) is 3. The molecule has 6 nitrogen and oxygen atoms in total. The lowest BCUT2D eigenvalue weighted by atomic mass is 10.1. The minimum Gasteiger partial charge on any atom is -0.331 e. The second kappa shape index (κ2) is 7.82. The lowest BCUT2D eigenvalue weighted by molar-refractivity contribution is 0.191. The quantitative estimate of drug-likeness (QED) is 0.763. The SMILES string of the molecule is CC(NC(=O)N(C)C(C)c1ccc(-n2cncn2)cc1)c1ccccc1. The fraction of sp³-hybridized carbons (Fsp3) is 0.250. The van der Waals surface area contributed by atoms with Gasteiger partial charge in [0.1, 0.15) is 12.7 Å². The lowest BCUT2D eigenvalue weighted by Gasteiger charge is -2.27. The third-order valence-electron chi connectivity index (χ3n) is 4.60. The molecule has 0 bridgehead atoms. The van der Waals surface area contributed by atoms with Crippen molar-refractivity contribution < 1.29 is 4.79 Å². The summed E-state index contributed by atoms with van der Waals surface area (Å²) in [4.78, 5) is 18.3. The van der Waals surface area contributed by atoms with Gasteiger partial charge in [0.2, 0.25) is 0 Å². The largest absolute Gasteiger partial charge is 0.331 e. The molecular weight excluding hydrogens is 326 g/mol. The number of benzene rings is 2. The molecule has 1 aromatic heterocycles. The van der Waals surface area contributed by atoms with Gasteiger partial charge in [-0.25, -0.2) is 14.5 Å². The van der Waals surface area contributed by atoms with E-state index < -0.39 is 0 Å². The van der Waals surface area contributed by atoms with Crippen molar-refractivity contribution in [3.05, 3.63) is 78.4 Å². The minimum atomic E-state index is -0.103. The number of nitrogens with one attached hydrogen (secondary N) is 1. The summed E-state index contributed by atoms with van der Waals surface area (Å²) >= 11 is 0. The Hall–Kier alpha value is -3.15. The molecule has 26 heavy (non-hydrogen) atoms. The molecule has 1 N–H and O–H groups in total. The molecule has 0 aliphatic carbocycles. The van der Waals surface area contributed by atoms with Crippen LogP contribution in [0.2, 0.25) is 0 Å². The van der Waals surface area contributed by atoms with E-state index in [1.165, 1.54) is 6.33 Å². The number of nitrogens with zero attached hydrogens (tertiary/aromatic N) is 4. The summed E-state index contributed by atoms with van der Waals surface area (Å²) in [5, 5.41) is 7.16. The van der Waals surface area contributed by atoms with Gasteiger partial charge in [-0.3, -0.25) is 0 Å². The molecule has 0 saturated heterocycles. The highest BCUT2D eigenvalue weighted by Crippen LogP contribution is 2.21. The van der Waals surface area contributed by atoms with Gasteiger partial charge in [-0.15, -0.1) is 0 Å². The molecule has 1 heterocycles. The van der Waals surface area contributed by atoms with Gasteiger partial charge in [-0.05, 0) is 37.1 Å². The summed E-state index contributed by atoms with van der Waals surface area (Å²) < 4.78 is 1.70. The van der Waals surface area contributed by atoms with E-state index in [-0.39, 0.29) is 18.1 Å². The van der Waals surface area contributed by atoms with Crippen LogP contribution in [0.15, 0.2) is 67.3 Å². The van der Waals surface area contributed by atoms with Gasteiger partial charge in [0.05, 0.1) is 17.8 Å². The highest BCUT2D eigenvalue weighted by molar-refractivity contribution is 5.75. The number of amides is 2. The van der Waals surface area contributed by atoms with Crippen LogP contribution in [0.3, 0.4) is 0 Å². The van der Waals surface area contributed by atoms with E-state index >= 15 is 0 Å². The zero-order valence-corrected chi connectivity index (χ0v) is 15.2. The van der Waals surface area contributed by atoms with Crippen LogP contribution in [0.4, 0.5) is 4.79 Å². The van der Waals surface area contributed by atoms with Gasteiger partial charge >= 0.3 is 6.03 Å². The molecular formula is C20H23N5O. The zero-order chi connectivity index (χ0) is 18.5. The summed E-state index contributed by atoms with van der Waals surface area (Å²) in [6.45, 7) is 4.00. The van der Waals surface area contributed by atoms with E-state index in [1.54, 1.807) is 15.9 Å². The monoisotopic (exact) mass is 349 g/mol. The Balaban J connectivity index is 1.65. The number of aromatic nitrogens is 3. The molecule has 0 aliphatic heterocycles. The van der Waals surface area contributed by atoms with Crippen molar-refractivity contribution in [2.24, 2.45) is 0 Å². The predicted molar refractivity (Wildman–Crippen MR) is 101 cm³/mol. The molecule has 0 spiro atoms. The maximum Gasteiger partial charge on any atom is 0.318 e. The number of hydrogen-bond donors (Lipinski definition) is 1. The first kappa shape index (κ1) is 17.7. The van der Waals surface area contributed by atoms with Crippen molar-refractivity contribution in [1.82, 2.24) is 25.0 Å². The lowest BCUT2D eigenvalue weighted by Crippen LogP contribution is -2.39. The van der Waals surface area contributed by atoms with E-state index in [1.807, 2.05) is 75.5 Å². The Kier molecular flexibility index (Phi) is 5.31. The normalized spacial score (nSPS) is 13.0. The van der Waals surface area contributed by atoms with Crippen LogP contribution in [-0.2, 0) is 0 Å². The van der Waals surface area contributed by atoms with Gasteiger partial charge in [0.25, 0.3) is 0 Å². The Bertz CT molecular complexity index is 830. The molecule has 3 aromatic rings. The average Bonchev–Trinajstić information content (AvgIpc) is 3.22. The van der Waals surface area contributed by atoms with E-state index in [4.69, 9.17) is 0 Å². The second-order valence-corrected chi connectivity index (χ2v) is 6.30. The number of carbonyl (C=O) groups is 1. The predicted octanol–water partition coefficient (Wildman–Crippen LogP) is 3.73. The third kappa shape index (κ3) is 3.91. The molecule has 2 atom stereocenters. The highest BCUT2D eigenvalue weighted by Gasteiger charge is 2.19. The maximum atomic E-state index is 12.6. The average molecular weight is 349 g/mol. The van der Waals surface area contributed by atoms with Crippen LogP contribution < -0.4 is 5.32 Å². The van der Waals surface area contributed by atoms with E-state index in [0.29, 0.717) is 0 Å². The van der Waals surface area contributed by atoms with Crippen LogP contribution in [-0.4, -0.2) is 32.7 Å². The number of urea groups is 1. The highest BCUT2D eigenvalue weighted by atomic mass is 16.2. The summed E-state index contributed by atoms with van der Waals surface area (Å²) in [5.41, 5.74) is 3.07. The van der Waals surface area contributed by atoms with Gasteiger partial charge in [0.15, 0.2) is 0 Å². The number of rotatable bonds is 5. The van der Waals surface area contributed by atoms with Crippen LogP contribution >= 0.6 is 0 Å². The first-order chi connectivity index (χ1) is 12.6. The summed E-state index contributed by atoms with van der Waals surface area (Å²) in [5.74, 6) is 0. The second-order valence-electron chi connectivity index (χ2n) is 6.30. The first-order valence-electron chi connectivity index (χ1n) is 8.59. The molecule has 0 saturated carbocycles. The first-order valence-corrected chi connectivity index (χ1v) is 8.59. The van der Waals surface area contributed by atoms with Crippen molar-refractivity contribution >= 4 is 6.03 Å². The van der Waals surface area contributed by atoms with Crippen LogP contribution in [0, 0.1) is 0 Å². The van der Waals surface area contributed by atoms with E-state index in [9.17, 15) is 4.79 Å². The van der Waals surface area contributed by atoms with Crippen LogP contribution in [0.25, 0.3) is 5.69 Å². The van der Waals surface area contributed by atoms with Crippen molar-refractivity contribution in [3.63, 3.8) is 0 Å². The minimum absolute atomic E-state index is 0.0481. The molecule has 2 amide bonds. The van der Waals surface area contributed by atoms with Gasteiger partial charge in [-0.1, -0.05) is 42.5 Å². The fourth-order valence-corrected chi connectivity index (χ4v) is 2.76. The number of carbonyl (C=O) groups excluding carboxylic acids is 1. The summed E-state index contributed by atoms with van der Waals surface area (Å²) in [6, 6.07) is 17.7. The van der Waals surface area contributed by atoms with Gasteiger partial charge in [-0.2, -0.15) is 5.10 Å². The Morgan fingerprint density at radius 3 is 2.35 bits per heavy atom. The Labute approximate surface area is 153 Å². The molecule has 0 aliphatic rings. The van der Waals surface area contributed by atoms with E-state index in [2.05, 4.69) is 15.4 Å². The smallest absolute Gasteiger partial charge is 0.318 e. The summed E-state index contributed by atoms with van der Waals surface area (Å²) in [6.07, 6.45) is 3.16. The molecule has 6 heteroatoms. The Morgan fingerprint density at radius 2 is 1.73 bits per heavy atom. The zero-order valence-electron chi connectivity index (χ0n) is 15.2. The van der Waals surface area contributed by atoms with Crippen LogP contribution in [0.1, 0.15) is 37.1 Å². The van der Waals surface area contributed by atoms with Crippen molar-refractivity contribution in [2.75, 3.05) is 7.05 Å². The molecule has 2 aromatic carbocycles. The third-order valence-corrected chi connectivity index (χ3v) is 4.60. The fourth-order valence-electron chi connectivity index (χ4n) is 2.76. The van der Waals surface area contributed by atoms with Crippen molar-refractivity contribution in [3.8, 4) is 5.69 Å². The van der Waals surface area contributed by atoms with Crippen LogP contribution in [0.5, 0.6) is 0 Å². The standard InChI is InChI=1S/C20H23N5O/c1-15(17-7-5-4-6-8-17)23-20(26)24(3)16(2)18-9-11-19(12-10-18)25-14-21-13-22-25/h4-16H,1-3H3,(H,23,26). The van der Waals surface area contributed by atoms with Gasteiger partial charge in [0, 0.05) is 7.05 Å². The maximum absolute atomic E-state index is 12.6. The molecule has 3 rings (SSSR count). The molecule has 0 radical (unpaired) electrons. The van der Waals surface area contributed by atoms with Crippen molar-refractivity contribution in [2.45, 2.75) is 25.9 Å². The van der Waals surface area contributed by atoms with E-state index in [0.717, 1.165) is 16.8 Å².